The number of benzene rings is 1. The number of hydrogen-bond donors (Lipinski definition) is 0. The molecule has 1 aromatic rings. The molecule has 0 radical (unpaired) electrons. The molecule has 0 spiro atoms. The number of nitro groups is 1. The summed E-state index contributed by atoms with van der Waals surface area (Å²) in [5, 5.41) is 19.7. The van der Waals surface area contributed by atoms with Crippen LogP contribution in [0.1, 0.15) is 5.56 Å². The predicted octanol–water partition coefficient (Wildman–Crippen LogP) is 2.99. The van der Waals surface area contributed by atoms with Crippen LogP contribution in [0.3, 0.4) is 0 Å². The summed E-state index contributed by atoms with van der Waals surface area (Å²) in [5.74, 6) is -0.807. The van der Waals surface area contributed by atoms with Crippen molar-refractivity contribution in [2.45, 2.75) is 0 Å². The van der Waals surface area contributed by atoms with E-state index in [1.807, 2.05) is 0 Å². The fraction of sp³-hybridized carbons (Fsp3) is 0.0769. The molecule has 0 fully saturated rings. The Bertz CT molecular complexity index is 632. The monoisotopic (exact) mass is 336 g/mol. The summed E-state index contributed by atoms with van der Waals surface area (Å²) in [6.07, 6.45) is 2.60. The van der Waals surface area contributed by atoms with Crippen molar-refractivity contribution in [3.05, 3.63) is 56.6 Å². The van der Waals surface area contributed by atoms with E-state index in [0.717, 1.165) is 0 Å². The molecule has 0 heterocycles. The lowest BCUT2D eigenvalue weighted by atomic mass is 10.1. The normalized spacial score (nSPS) is 10.5. The molecule has 0 aromatic heterocycles. The number of carbonyl (C=O) groups is 1. The average molecular weight is 337 g/mol. The predicted molar refractivity (Wildman–Crippen MR) is 75.5 cm³/mol. The van der Waals surface area contributed by atoms with Crippen LogP contribution in [0.25, 0.3) is 6.08 Å². The maximum Gasteiger partial charge on any atom is 0.349 e. The van der Waals surface area contributed by atoms with Crippen molar-refractivity contribution >= 4 is 33.7 Å². The van der Waals surface area contributed by atoms with E-state index < -0.39 is 10.9 Å². The van der Waals surface area contributed by atoms with Crippen LogP contribution in [0.2, 0.25) is 0 Å². The Hall–Kier alpha value is -2.46. The molecule has 0 aliphatic heterocycles. The van der Waals surface area contributed by atoms with E-state index in [-0.39, 0.29) is 17.9 Å². The zero-order chi connectivity index (χ0) is 15.1. The molecule has 0 bridgehead atoms. The van der Waals surface area contributed by atoms with Crippen LogP contribution in [-0.4, -0.2) is 17.5 Å². The first kappa shape index (κ1) is 15.6. The van der Waals surface area contributed by atoms with Gasteiger partial charge in [-0.05, 0) is 33.6 Å². The van der Waals surface area contributed by atoms with Crippen molar-refractivity contribution in [1.82, 2.24) is 0 Å². The number of nitrogens with zero attached hydrogens (tertiary/aromatic N) is 2. The summed E-state index contributed by atoms with van der Waals surface area (Å²) < 4.78 is 5.04. The number of carbonyl (C=O) groups excluding carboxylic acids is 1. The van der Waals surface area contributed by atoms with Gasteiger partial charge in [-0.3, -0.25) is 10.1 Å². The van der Waals surface area contributed by atoms with E-state index in [1.165, 1.54) is 30.4 Å². The largest absolute Gasteiger partial charge is 0.457 e. The Morgan fingerprint density at radius 2 is 2.30 bits per heavy atom. The first-order chi connectivity index (χ1) is 9.49. The van der Waals surface area contributed by atoms with Gasteiger partial charge in [0.1, 0.15) is 18.2 Å². The number of hydrogen-bond acceptors (Lipinski definition) is 5. The van der Waals surface area contributed by atoms with Crippen LogP contribution in [0.5, 0.6) is 0 Å². The number of halogens is 1. The van der Waals surface area contributed by atoms with Crippen LogP contribution < -0.4 is 0 Å². The van der Waals surface area contributed by atoms with Gasteiger partial charge in [-0.15, -0.1) is 0 Å². The smallest absolute Gasteiger partial charge is 0.349 e. The van der Waals surface area contributed by atoms with Crippen molar-refractivity contribution < 1.29 is 14.5 Å². The average Bonchev–Trinajstić information content (AvgIpc) is 2.43. The molecule has 0 saturated carbocycles. The second-order valence-corrected chi connectivity index (χ2v) is 4.38. The van der Waals surface area contributed by atoms with E-state index in [2.05, 4.69) is 22.5 Å². The Kier molecular flexibility index (Phi) is 5.62. The topological polar surface area (TPSA) is 93.2 Å². The van der Waals surface area contributed by atoms with E-state index >= 15 is 0 Å². The Labute approximate surface area is 123 Å². The van der Waals surface area contributed by atoms with Gasteiger partial charge >= 0.3 is 5.97 Å². The Morgan fingerprint density at radius 1 is 1.60 bits per heavy atom. The van der Waals surface area contributed by atoms with Gasteiger partial charge < -0.3 is 4.74 Å². The molecule has 6 nitrogen and oxygen atoms in total. The van der Waals surface area contributed by atoms with Crippen LogP contribution in [0.15, 0.2) is 40.9 Å². The first-order valence-corrected chi connectivity index (χ1v) is 6.12. The van der Waals surface area contributed by atoms with Gasteiger partial charge in [-0.1, -0.05) is 18.7 Å². The van der Waals surface area contributed by atoms with Crippen molar-refractivity contribution in [3.63, 3.8) is 0 Å². The molecule has 0 aliphatic rings. The van der Waals surface area contributed by atoms with Crippen LogP contribution in [0.4, 0.5) is 5.69 Å². The number of ether oxygens (including phenoxy) is 1. The molecule has 0 aliphatic carbocycles. The minimum Gasteiger partial charge on any atom is -0.457 e. The molecule has 0 saturated heterocycles. The molecule has 0 atom stereocenters. The number of nitro benzene ring substituents is 1. The molecule has 1 rings (SSSR count). The van der Waals surface area contributed by atoms with Crippen LogP contribution in [-0.2, 0) is 9.53 Å². The maximum atomic E-state index is 11.5. The fourth-order valence-electron chi connectivity index (χ4n) is 1.28. The van der Waals surface area contributed by atoms with E-state index in [4.69, 9.17) is 10.00 Å². The minimum atomic E-state index is -0.807. The summed E-state index contributed by atoms with van der Waals surface area (Å²) in [5.41, 5.74) is -0.0500. The first-order valence-electron chi connectivity index (χ1n) is 5.33. The summed E-state index contributed by atoms with van der Waals surface area (Å²) in [6.45, 7) is 3.37. The summed E-state index contributed by atoms with van der Waals surface area (Å²) >= 11 is 3.05. The lowest BCUT2D eigenvalue weighted by molar-refractivity contribution is -0.385. The highest BCUT2D eigenvalue weighted by atomic mass is 79.9. The van der Waals surface area contributed by atoms with Crippen LogP contribution >= 0.6 is 15.9 Å². The van der Waals surface area contributed by atoms with E-state index in [9.17, 15) is 14.9 Å². The molecule has 0 unspecified atom stereocenters. The highest BCUT2D eigenvalue weighted by Gasteiger charge is 2.14. The quantitative estimate of drug-likeness (QED) is 0.206. The number of rotatable bonds is 5. The zero-order valence-corrected chi connectivity index (χ0v) is 11.8. The number of nitriles is 1. The summed E-state index contributed by atoms with van der Waals surface area (Å²) in [6, 6.07) is 5.95. The van der Waals surface area contributed by atoms with Crippen molar-refractivity contribution in [2.75, 3.05) is 6.61 Å². The van der Waals surface area contributed by atoms with Crippen LogP contribution in [0, 0.1) is 21.4 Å². The molecular formula is C13H9BrN2O4. The summed E-state index contributed by atoms with van der Waals surface area (Å²) in [4.78, 5) is 21.7. The highest BCUT2D eigenvalue weighted by molar-refractivity contribution is 9.10. The number of esters is 1. The standard InChI is InChI=1S/C13H9BrN2O4/c1-2-5-20-13(17)10(8-15)6-9-3-4-11(14)12(7-9)16(18)19/h2-4,6-7H,1,5H2/b10-6+. The third-order valence-electron chi connectivity index (χ3n) is 2.15. The Balaban J connectivity index is 3.11. The molecule has 7 heteroatoms. The maximum absolute atomic E-state index is 11.5. The molecule has 0 N–H and O–H groups in total. The molecule has 20 heavy (non-hydrogen) atoms. The Morgan fingerprint density at radius 3 is 2.85 bits per heavy atom. The molecular weight excluding hydrogens is 328 g/mol. The minimum absolute atomic E-state index is 0.0155. The fourth-order valence-corrected chi connectivity index (χ4v) is 1.67. The highest BCUT2D eigenvalue weighted by Crippen LogP contribution is 2.26. The lowest BCUT2D eigenvalue weighted by Gasteiger charge is -2.01. The van der Waals surface area contributed by atoms with Crippen molar-refractivity contribution in [1.29, 1.82) is 5.26 Å². The third-order valence-corrected chi connectivity index (χ3v) is 2.82. The second-order valence-electron chi connectivity index (χ2n) is 3.52. The van der Waals surface area contributed by atoms with Gasteiger partial charge in [0.2, 0.25) is 0 Å². The van der Waals surface area contributed by atoms with Crippen molar-refractivity contribution in [3.8, 4) is 6.07 Å². The van der Waals surface area contributed by atoms with Gasteiger partial charge in [0, 0.05) is 6.07 Å². The van der Waals surface area contributed by atoms with Gasteiger partial charge in [0.15, 0.2) is 0 Å². The second kappa shape index (κ2) is 7.21. The van der Waals surface area contributed by atoms with Gasteiger partial charge in [-0.2, -0.15) is 5.26 Å². The van der Waals surface area contributed by atoms with E-state index in [1.54, 1.807) is 6.07 Å². The molecule has 1 aromatic carbocycles. The van der Waals surface area contributed by atoms with E-state index in [0.29, 0.717) is 10.0 Å². The molecule has 102 valence electrons. The summed E-state index contributed by atoms with van der Waals surface area (Å²) in [7, 11) is 0. The van der Waals surface area contributed by atoms with Gasteiger partial charge in [-0.25, -0.2) is 4.79 Å². The lowest BCUT2D eigenvalue weighted by Crippen LogP contribution is -2.06. The SMILES string of the molecule is C=CCOC(=O)/C(C#N)=C/c1ccc(Br)c([N+](=O)[O-])c1. The van der Waals surface area contributed by atoms with Gasteiger partial charge in [0.25, 0.3) is 5.69 Å². The third kappa shape index (κ3) is 4.03. The van der Waals surface area contributed by atoms with Gasteiger partial charge in [0.05, 0.1) is 9.40 Å². The van der Waals surface area contributed by atoms with Crippen molar-refractivity contribution in [2.24, 2.45) is 0 Å². The zero-order valence-electron chi connectivity index (χ0n) is 10.2. The molecule has 0 amide bonds.